The summed E-state index contributed by atoms with van der Waals surface area (Å²) in [4.78, 5) is 16.1. The molecule has 0 aliphatic heterocycles. The number of benzene rings is 2. The highest BCUT2D eigenvalue weighted by Crippen LogP contribution is 2.43. The minimum atomic E-state index is -0.349. The Balaban J connectivity index is 1.47. The second-order valence-corrected chi connectivity index (χ2v) is 8.59. The highest BCUT2D eigenvalue weighted by atomic mass is 32.2. The summed E-state index contributed by atoms with van der Waals surface area (Å²) in [5.74, 6) is 0.432. The van der Waals surface area contributed by atoms with Gasteiger partial charge in [0.1, 0.15) is 5.82 Å². The lowest BCUT2D eigenvalue weighted by Gasteiger charge is -2.12. The van der Waals surface area contributed by atoms with Crippen LogP contribution in [0.2, 0.25) is 0 Å². The van der Waals surface area contributed by atoms with Crippen molar-refractivity contribution in [1.82, 2.24) is 19.7 Å². The van der Waals surface area contributed by atoms with Crippen molar-refractivity contribution in [1.29, 1.82) is 0 Å². The fourth-order valence-electron chi connectivity index (χ4n) is 3.52. The fourth-order valence-corrected chi connectivity index (χ4v) is 4.52. The topological polar surface area (TPSA) is 63.6 Å². The van der Waals surface area contributed by atoms with Gasteiger partial charge >= 0.3 is 0 Å². The van der Waals surface area contributed by atoms with Crippen LogP contribution >= 0.6 is 11.8 Å². The van der Waals surface area contributed by atoms with E-state index in [-0.39, 0.29) is 16.9 Å². The van der Waals surface area contributed by atoms with E-state index < -0.39 is 0 Å². The van der Waals surface area contributed by atoms with Crippen molar-refractivity contribution in [3.8, 4) is 11.4 Å². The molecule has 1 N–H and O–H groups in total. The number of carbonyl (C=O) groups excluding carboxylic acids is 1. The summed E-state index contributed by atoms with van der Waals surface area (Å²) in [5, 5.41) is 10.4. The van der Waals surface area contributed by atoms with Crippen molar-refractivity contribution in [2.75, 3.05) is 0 Å². The first-order valence-electron chi connectivity index (χ1n) is 9.59. The van der Waals surface area contributed by atoms with Gasteiger partial charge in [-0.05, 0) is 50.1 Å². The van der Waals surface area contributed by atoms with Gasteiger partial charge in [-0.1, -0.05) is 30.0 Å². The number of hydrogen-bond acceptors (Lipinski definition) is 4. The molecule has 0 radical (unpaired) electrons. The highest BCUT2D eigenvalue weighted by molar-refractivity contribution is 8.00. The minimum absolute atomic E-state index is 0.0472. The molecule has 2 heterocycles. The molecule has 0 bridgehead atoms. The molecule has 7 heteroatoms. The molecule has 29 heavy (non-hydrogen) atoms. The summed E-state index contributed by atoms with van der Waals surface area (Å²) >= 11 is 1.41. The number of ketones is 1. The van der Waals surface area contributed by atoms with Crippen molar-refractivity contribution in [3.63, 3.8) is 0 Å². The van der Waals surface area contributed by atoms with E-state index in [2.05, 4.69) is 25.8 Å². The summed E-state index contributed by atoms with van der Waals surface area (Å²) in [6.45, 7) is 1.85. The number of H-pyrrole nitrogens is 1. The number of carbonyl (C=O) groups is 1. The first-order valence-corrected chi connectivity index (χ1v) is 10.5. The Morgan fingerprint density at radius 2 is 1.93 bits per heavy atom. The van der Waals surface area contributed by atoms with Gasteiger partial charge in [-0.15, -0.1) is 10.2 Å². The van der Waals surface area contributed by atoms with E-state index in [1.54, 1.807) is 0 Å². The summed E-state index contributed by atoms with van der Waals surface area (Å²) in [6.07, 6.45) is 4.14. The molecule has 1 fully saturated rings. The molecule has 1 saturated carbocycles. The number of aromatic amines is 1. The lowest BCUT2D eigenvalue weighted by atomic mass is 10.1. The van der Waals surface area contributed by atoms with Crippen molar-refractivity contribution in [2.24, 2.45) is 0 Å². The number of nitrogens with zero attached hydrogens (tertiary/aromatic N) is 3. The van der Waals surface area contributed by atoms with E-state index in [1.807, 2.05) is 31.3 Å². The number of para-hydroxylation sites is 1. The molecule has 0 amide bonds. The van der Waals surface area contributed by atoms with Crippen LogP contribution in [0.1, 0.15) is 36.2 Å². The third-order valence-corrected chi connectivity index (χ3v) is 6.24. The fraction of sp³-hybridized carbons (Fsp3) is 0.227. The third kappa shape index (κ3) is 3.35. The lowest BCUT2D eigenvalue weighted by molar-refractivity contribution is 0.0994. The number of fused-ring (bicyclic) bond motifs is 1. The van der Waals surface area contributed by atoms with Crippen LogP contribution in [0.4, 0.5) is 4.39 Å². The number of rotatable bonds is 6. The maximum atomic E-state index is 13.2. The van der Waals surface area contributed by atoms with E-state index in [9.17, 15) is 9.18 Å². The third-order valence-electron chi connectivity index (χ3n) is 5.19. The Morgan fingerprint density at radius 3 is 2.69 bits per heavy atom. The number of hydrogen-bond donors (Lipinski definition) is 1. The lowest BCUT2D eigenvalue weighted by Crippen LogP contribution is -2.14. The standard InChI is InChI=1S/C22H19FN4OS/c1-13(20(28)14-6-8-15(23)9-7-14)29-22-26-25-21(27(22)16-10-11-16)18-12-24-19-5-3-2-4-17(18)19/h2-9,12-13,16,24H,10-11H2,1H3/t13-/m0/s1. The normalized spacial score (nSPS) is 15.0. The molecular weight excluding hydrogens is 387 g/mol. The van der Waals surface area contributed by atoms with Gasteiger partial charge in [-0.3, -0.25) is 9.36 Å². The van der Waals surface area contributed by atoms with E-state index in [4.69, 9.17) is 0 Å². The van der Waals surface area contributed by atoms with Crippen LogP contribution in [0.5, 0.6) is 0 Å². The van der Waals surface area contributed by atoms with E-state index in [0.717, 1.165) is 40.3 Å². The second-order valence-electron chi connectivity index (χ2n) is 7.29. The zero-order valence-corrected chi connectivity index (χ0v) is 16.6. The van der Waals surface area contributed by atoms with Crippen molar-refractivity contribution in [3.05, 3.63) is 66.1 Å². The smallest absolute Gasteiger partial charge is 0.192 e. The molecule has 0 saturated heterocycles. The number of Topliss-reactive ketones (excluding diaryl/α,β-unsaturated/α-hetero) is 1. The van der Waals surface area contributed by atoms with Crippen LogP contribution in [0.25, 0.3) is 22.3 Å². The molecule has 4 aromatic rings. The quantitative estimate of drug-likeness (QED) is 0.350. The first-order chi connectivity index (χ1) is 14.1. The Bertz CT molecular complexity index is 1190. The zero-order valence-electron chi connectivity index (χ0n) is 15.8. The molecule has 0 spiro atoms. The molecule has 146 valence electrons. The molecule has 5 nitrogen and oxygen atoms in total. The van der Waals surface area contributed by atoms with Gasteiger partial charge in [0.05, 0.1) is 5.25 Å². The van der Waals surface area contributed by atoms with Crippen LogP contribution in [-0.2, 0) is 0 Å². The summed E-state index contributed by atoms with van der Waals surface area (Å²) in [6, 6.07) is 14.2. The van der Waals surface area contributed by atoms with Crippen molar-refractivity contribution >= 4 is 28.4 Å². The van der Waals surface area contributed by atoms with Gasteiger partial charge in [0.25, 0.3) is 0 Å². The molecule has 1 atom stereocenters. The van der Waals surface area contributed by atoms with E-state index in [0.29, 0.717) is 11.6 Å². The summed E-state index contributed by atoms with van der Waals surface area (Å²) in [5.41, 5.74) is 2.58. The number of nitrogens with one attached hydrogen (secondary N) is 1. The molecule has 1 aliphatic carbocycles. The molecule has 1 aliphatic rings. The number of thioether (sulfide) groups is 1. The molecule has 2 aromatic heterocycles. The number of aromatic nitrogens is 4. The van der Waals surface area contributed by atoms with Gasteiger partial charge in [-0.2, -0.15) is 0 Å². The van der Waals surface area contributed by atoms with Gasteiger partial charge in [0.2, 0.25) is 0 Å². The van der Waals surface area contributed by atoms with Crippen LogP contribution in [-0.4, -0.2) is 30.8 Å². The molecule has 0 unspecified atom stereocenters. The average molecular weight is 406 g/mol. The van der Waals surface area contributed by atoms with Crippen LogP contribution in [0.3, 0.4) is 0 Å². The minimum Gasteiger partial charge on any atom is -0.360 e. The van der Waals surface area contributed by atoms with Crippen molar-refractivity contribution in [2.45, 2.75) is 36.2 Å². The summed E-state index contributed by atoms with van der Waals surface area (Å²) < 4.78 is 15.3. The van der Waals surface area contributed by atoms with E-state index >= 15 is 0 Å². The monoisotopic (exact) mass is 406 g/mol. The van der Waals surface area contributed by atoms with Crippen LogP contribution in [0, 0.1) is 5.82 Å². The molecule has 5 rings (SSSR count). The zero-order chi connectivity index (χ0) is 20.0. The maximum absolute atomic E-state index is 13.2. The van der Waals surface area contributed by atoms with Gasteiger partial charge in [0.15, 0.2) is 16.8 Å². The molecule has 2 aromatic carbocycles. The van der Waals surface area contributed by atoms with Crippen LogP contribution in [0.15, 0.2) is 59.9 Å². The van der Waals surface area contributed by atoms with Gasteiger partial charge < -0.3 is 4.98 Å². The van der Waals surface area contributed by atoms with Crippen molar-refractivity contribution < 1.29 is 9.18 Å². The molecular formula is C22H19FN4OS. The van der Waals surface area contributed by atoms with Gasteiger partial charge in [-0.25, -0.2) is 4.39 Å². The van der Waals surface area contributed by atoms with Gasteiger partial charge in [0, 0.05) is 34.3 Å². The predicted octanol–water partition coefficient (Wildman–Crippen LogP) is 5.26. The predicted molar refractivity (Wildman–Crippen MR) is 112 cm³/mol. The van der Waals surface area contributed by atoms with E-state index in [1.165, 1.54) is 36.0 Å². The maximum Gasteiger partial charge on any atom is 0.192 e. The average Bonchev–Trinajstić information content (AvgIpc) is 3.35. The first kappa shape index (κ1) is 18.1. The Labute approximate surface area is 171 Å². The number of halogens is 1. The second kappa shape index (κ2) is 7.15. The summed E-state index contributed by atoms with van der Waals surface area (Å²) in [7, 11) is 0. The SMILES string of the molecule is C[C@H](Sc1nnc(-c2c[nH]c3ccccc23)n1C1CC1)C(=O)c1ccc(F)cc1. The Morgan fingerprint density at radius 1 is 1.17 bits per heavy atom. The largest absolute Gasteiger partial charge is 0.360 e. The highest BCUT2D eigenvalue weighted by Gasteiger charge is 2.32. The Kier molecular flexibility index (Phi) is 4.47. The Hall–Kier alpha value is -2.93. The van der Waals surface area contributed by atoms with Crippen LogP contribution < -0.4 is 0 Å².